The van der Waals surface area contributed by atoms with Crippen LogP contribution in [0.5, 0.6) is 0 Å². The molecule has 3 nitrogen and oxygen atoms in total. The first kappa shape index (κ1) is 16.0. The van der Waals surface area contributed by atoms with E-state index in [1.807, 2.05) is 32.0 Å². The predicted octanol–water partition coefficient (Wildman–Crippen LogP) is 3.33. The molecule has 1 aromatic carbocycles. The number of nitrogens with zero attached hydrogens (tertiary/aromatic N) is 2. The van der Waals surface area contributed by atoms with Gasteiger partial charge in [0, 0.05) is 19.2 Å². The fourth-order valence-electron chi connectivity index (χ4n) is 1.86. The third-order valence-electron chi connectivity index (χ3n) is 3.42. The summed E-state index contributed by atoms with van der Waals surface area (Å²) < 4.78 is 0. The molecule has 0 aromatic heterocycles. The van der Waals surface area contributed by atoms with Crippen LogP contribution < -0.4 is 0 Å². The zero-order valence-electron chi connectivity index (χ0n) is 12.5. The summed E-state index contributed by atoms with van der Waals surface area (Å²) in [5.41, 5.74) is 2.34. The highest BCUT2D eigenvalue weighted by atomic mass is 16.2. The van der Waals surface area contributed by atoms with Crippen molar-refractivity contribution < 1.29 is 4.79 Å². The van der Waals surface area contributed by atoms with Crippen LogP contribution in [-0.2, 0) is 11.2 Å². The van der Waals surface area contributed by atoms with Crippen molar-refractivity contribution in [2.75, 3.05) is 7.05 Å². The molecule has 20 heavy (non-hydrogen) atoms. The molecule has 1 amide bonds. The number of hydrogen-bond acceptors (Lipinski definition) is 2. The van der Waals surface area contributed by atoms with E-state index in [4.69, 9.17) is 5.26 Å². The van der Waals surface area contributed by atoms with E-state index in [0.29, 0.717) is 6.42 Å². The predicted molar refractivity (Wildman–Crippen MR) is 81.0 cm³/mol. The van der Waals surface area contributed by atoms with Gasteiger partial charge in [0.05, 0.1) is 12.5 Å². The molecule has 0 fully saturated rings. The van der Waals surface area contributed by atoms with Crippen molar-refractivity contribution in [1.29, 1.82) is 5.26 Å². The van der Waals surface area contributed by atoms with Crippen LogP contribution in [-0.4, -0.2) is 23.9 Å². The zero-order chi connectivity index (χ0) is 15.0. The summed E-state index contributed by atoms with van der Waals surface area (Å²) in [5.74, 6) is -0.0293. The highest BCUT2D eigenvalue weighted by molar-refractivity contribution is 5.88. The van der Waals surface area contributed by atoms with Crippen LogP contribution in [0, 0.1) is 11.3 Å². The first-order chi connectivity index (χ1) is 9.54. The van der Waals surface area contributed by atoms with E-state index < -0.39 is 0 Å². The molecule has 1 atom stereocenters. The molecule has 1 unspecified atom stereocenters. The van der Waals surface area contributed by atoms with E-state index in [1.54, 1.807) is 18.0 Å². The maximum Gasteiger partial charge on any atom is 0.246 e. The lowest BCUT2D eigenvalue weighted by Crippen LogP contribution is -2.33. The number of likely N-dealkylation sites (N-methyl/N-ethyl adjacent to an activating group) is 1. The fraction of sp³-hybridized carbons (Fsp3) is 0.412. The molecule has 0 bridgehead atoms. The topological polar surface area (TPSA) is 44.1 Å². The van der Waals surface area contributed by atoms with Crippen LogP contribution in [0.4, 0.5) is 0 Å². The molecule has 0 aliphatic carbocycles. The number of carbonyl (C=O) groups excluding carboxylic acids is 1. The Labute approximate surface area is 121 Å². The molecule has 0 spiro atoms. The molecule has 0 N–H and O–H groups in total. The first-order valence-electron chi connectivity index (χ1n) is 6.89. The van der Waals surface area contributed by atoms with E-state index in [2.05, 4.69) is 18.2 Å². The quantitative estimate of drug-likeness (QED) is 0.744. The Hall–Kier alpha value is -2.08. The van der Waals surface area contributed by atoms with E-state index >= 15 is 0 Å². The summed E-state index contributed by atoms with van der Waals surface area (Å²) in [6.07, 6.45) is 3.85. The maximum absolute atomic E-state index is 12.0. The second kappa shape index (κ2) is 8.16. The highest BCUT2D eigenvalue weighted by Gasteiger charge is 2.13. The molecular weight excluding hydrogens is 248 g/mol. The number of allylic oxidation sites excluding steroid dienone is 1. The molecular formula is C17H22N2O. The van der Waals surface area contributed by atoms with E-state index in [-0.39, 0.29) is 11.9 Å². The van der Waals surface area contributed by atoms with E-state index in [9.17, 15) is 4.79 Å². The Morgan fingerprint density at radius 2 is 2.05 bits per heavy atom. The number of hydrogen-bond donors (Lipinski definition) is 0. The third-order valence-corrected chi connectivity index (χ3v) is 3.42. The van der Waals surface area contributed by atoms with Crippen LogP contribution >= 0.6 is 0 Å². The number of aryl methyl sites for hydroxylation is 1. The minimum Gasteiger partial charge on any atom is -0.338 e. The second-order valence-electron chi connectivity index (χ2n) is 5.14. The van der Waals surface area contributed by atoms with Gasteiger partial charge in [-0.2, -0.15) is 5.26 Å². The van der Waals surface area contributed by atoms with Gasteiger partial charge < -0.3 is 4.90 Å². The molecule has 0 heterocycles. The van der Waals surface area contributed by atoms with Gasteiger partial charge in [0.25, 0.3) is 0 Å². The summed E-state index contributed by atoms with van der Waals surface area (Å²) in [5, 5.41) is 8.66. The summed E-state index contributed by atoms with van der Waals surface area (Å²) in [6, 6.07) is 12.3. The van der Waals surface area contributed by atoms with Crippen molar-refractivity contribution in [2.24, 2.45) is 0 Å². The van der Waals surface area contributed by atoms with Gasteiger partial charge >= 0.3 is 0 Å². The number of amides is 1. The van der Waals surface area contributed by atoms with Crippen molar-refractivity contribution in [3.63, 3.8) is 0 Å². The molecule has 0 aliphatic heterocycles. The summed E-state index contributed by atoms with van der Waals surface area (Å²) in [6.45, 7) is 3.86. The number of rotatable bonds is 6. The average Bonchev–Trinajstić information content (AvgIpc) is 2.45. The molecule has 0 radical (unpaired) electrons. The second-order valence-corrected chi connectivity index (χ2v) is 5.14. The van der Waals surface area contributed by atoms with Gasteiger partial charge in [-0.05, 0) is 32.3 Å². The van der Waals surface area contributed by atoms with Gasteiger partial charge in [-0.1, -0.05) is 35.9 Å². The average molecular weight is 270 g/mol. The van der Waals surface area contributed by atoms with Gasteiger partial charge in [0.2, 0.25) is 5.91 Å². The highest BCUT2D eigenvalue weighted by Crippen LogP contribution is 2.10. The monoisotopic (exact) mass is 270 g/mol. The standard InChI is InChI=1S/C17H22N2O/c1-14(9-10-16-7-5-4-6-8-16)13-17(20)19(3)15(2)11-12-18/h4-8,13,15H,9-11H2,1-3H3/b14-13-. The largest absolute Gasteiger partial charge is 0.338 e. The Balaban J connectivity index is 2.52. The van der Waals surface area contributed by atoms with Gasteiger partial charge in [0.15, 0.2) is 0 Å². The third kappa shape index (κ3) is 5.27. The van der Waals surface area contributed by atoms with Crippen LogP contribution in [0.3, 0.4) is 0 Å². The lowest BCUT2D eigenvalue weighted by Gasteiger charge is -2.21. The molecule has 1 aromatic rings. The SMILES string of the molecule is C/C(=C/C(=O)N(C)C(C)CC#N)CCc1ccccc1. The van der Waals surface area contributed by atoms with Crippen LogP contribution in [0.2, 0.25) is 0 Å². The Morgan fingerprint density at radius 1 is 1.40 bits per heavy atom. The Morgan fingerprint density at radius 3 is 2.65 bits per heavy atom. The first-order valence-corrected chi connectivity index (χ1v) is 6.89. The van der Waals surface area contributed by atoms with Crippen molar-refractivity contribution in [3.8, 4) is 6.07 Å². The summed E-state index contributed by atoms with van der Waals surface area (Å²) in [4.78, 5) is 13.6. The van der Waals surface area contributed by atoms with Gasteiger partial charge in [-0.3, -0.25) is 4.79 Å². The van der Waals surface area contributed by atoms with E-state index in [1.165, 1.54) is 5.56 Å². The lowest BCUT2D eigenvalue weighted by atomic mass is 10.1. The molecule has 0 saturated carbocycles. The number of nitriles is 1. The number of carbonyl (C=O) groups is 1. The van der Waals surface area contributed by atoms with Crippen LogP contribution in [0.1, 0.15) is 32.3 Å². The van der Waals surface area contributed by atoms with Crippen LogP contribution in [0.15, 0.2) is 42.0 Å². The molecule has 3 heteroatoms. The smallest absolute Gasteiger partial charge is 0.246 e. The van der Waals surface area contributed by atoms with Crippen LogP contribution in [0.25, 0.3) is 0 Å². The fourth-order valence-corrected chi connectivity index (χ4v) is 1.86. The van der Waals surface area contributed by atoms with Crippen molar-refractivity contribution in [3.05, 3.63) is 47.5 Å². The minimum absolute atomic E-state index is 0.0293. The Bertz CT molecular complexity index is 499. The van der Waals surface area contributed by atoms with E-state index in [0.717, 1.165) is 18.4 Å². The zero-order valence-corrected chi connectivity index (χ0v) is 12.5. The van der Waals surface area contributed by atoms with Crippen molar-refractivity contribution >= 4 is 5.91 Å². The lowest BCUT2D eigenvalue weighted by molar-refractivity contribution is -0.126. The van der Waals surface area contributed by atoms with Gasteiger partial charge in [-0.15, -0.1) is 0 Å². The van der Waals surface area contributed by atoms with Gasteiger partial charge in [-0.25, -0.2) is 0 Å². The summed E-state index contributed by atoms with van der Waals surface area (Å²) >= 11 is 0. The van der Waals surface area contributed by atoms with Crippen molar-refractivity contribution in [1.82, 2.24) is 4.90 Å². The molecule has 0 aliphatic rings. The number of benzene rings is 1. The maximum atomic E-state index is 12.0. The molecule has 106 valence electrons. The van der Waals surface area contributed by atoms with Gasteiger partial charge in [0.1, 0.15) is 0 Å². The summed E-state index contributed by atoms with van der Waals surface area (Å²) in [7, 11) is 1.74. The Kier molecular flexibility index (Phi) is 6.52. The molecule has 1 rings (SSSR count). The normalized spacial score (nSPS) is 12.6. The molecule has 0 saturated heterocycles. The minimum atomic E-state index is -0.0503. The van der Waals surface area contributed by atoms with Crippen molar-refractivity contribution in [2.45, 2.75) is 39.2 Å².